The minimum Gasteiger partial charge on any atom is -0.208 e. The molecule has 5 aromatic rings. The first-order valence-corrected chi connectivity index (χ1v) is 10.9. The second-order valence-corrected chi connectivity index (χ2v) is 8.15. The molecule has 0 aliphatic carbocycles. The fraction of sp³-hybridized carbons (Fsp3) is 0. The maximum Gasteiger partial charge on any atom is 0.243 e. The van der Waals surface area contributed by atoms with Gasteiger partial charge in [-0.2, -0.15) is 9.97 Å². The average molecular weight is 430 g/mol. The maximum absolute atomic E-state index is 6.38. The Morgan fingerprint density at radius 3 is 1.97 bits per heavy atom. The third-order valence-corrected chi connectivity index (χ3v) is 6.14. The molecule has 0 bridgehead atoms. The van der Waals surface area contributed by atoms with Crippen molar-refractivity contribution in [1.29, 1.82) is 0 Å². The largest absolute Gasteiger partial charge is 0.243 e. The number of halogens is 1. The van der Waals surface area contributed by atoms with Crippen molar-refractivity contribution in [3.8, 4) is 33.9 Å². The predicted molar refractivity (Wildman–Crippen MR) is 132 cm³/mol. The van der Waals surface area contributed by atoms with Crippen LogP contribution >= 0.6 is 11.6 Å². The third kappa shape index (κ3) is 3.12. The van der Waals surface area contributed by atoms with Crippen LogP contribution < -0.4 is 16.4 Å². The summed E-state index contributed by atoms with van der Waals surface area (Å²) in [6.45, 7) is 0.106. The molecular formula is C27H17BClN3. The second kappa shape index (κ2) is 7.74. The van der Waals surface area contributed by atoms with Crippen LogP contribution in [-0.2, 0) is 0 Å². The van der Waals surface area contributed by atoms with Crippen LogP contribution in [0.15, 0.2) is 103 Å². The molecule has 3 nitrogen and oxygen atoms in total. The molecule has 2 heterocycles. The molecular weight excluding hydrogens is 413 g/mol. The van der Waals surface area contributed by atoms with Crippen LogP contribution in [0.3, 0.4) is 0 Å². The summed E-state index contributed by atoms with van der Waals surface area (Å²) in [6.07, 6.45) is 0. The van der Waals surface area contributed by atoms with Crippen LogP contribution in [0.5, 0.6) is 0 Å². The highest BCUT2D eigenvalue weighted by molar-refractivity contribution is 6.99. The molecule has 150 valence electrons. The van der Waals surface area contributed by atoms with Crippen molar-refractivity contribution in [2.24, 2.45) is 0 Å². The van der Waals surface area contributed by atoms with Gasteiger partial charge in [-0.25, -0.2) is 4.98 Å². The first-order chi connectivity index (χ1) is 15.8. The lowest BCUT2D eigenvalue weighted by molar-refractivity contribution is 1.07. The lowest BCUT2D eigenvalue weighted by atomic mass is 9.38. The van der Waals surface area contributed by atoms with Crippen molar-refractivity contribution in [1.82, 2.24) is 15.0 Å². The van der Waals surface area contributed by atoms with E-state index >= 15 is 0 Å². The topological polar surface area (TPSA) is 38.7 Å². The maximum atomic E-state index is 6.38. The van der Waals surface area contributed by atoms with Crippen molar-refractivity contribution in [2.45, 2.75) is 0 Å². The number of rotatable bonds is 3. The molecule has 5 heteroatoms. The van der Waals surface area contributed by atoms with Gasteiger partial charge in [0.1, 0.15) is 0 Å². The Kier molecular flexibility index (Phi) is 4.59. The van der Waals surface area contributed by atoms with Crippen LogP contribution in [0.2, 0.25) is 5.28 Å². The van der Waals surface area contributed by atoms with Crippen molar-refractivity contribution in [3.05, 3.63) is 108 Å². The molecule has 0 fully saturated rings. The highest BCUT2D eigenvalue weighted by atomic mass is 35.5. The molecule has 1 aromatic heterocycles. The fourth-order valence-corrected chi connectivity index (χ4v) is 4.79. The number of benzene rings is 4. The fourth-order valence-electron chi connectivity index (χ4n) is 4.63. The van der Waals surface area contributed by atoms with E-state index in [1.54, 1.807) is 0 Å². The first kappa shape index (κ1) is 19.0. The van der Waals surface area contributed by atoms with E-state index in [-0.39, 0.29) is 12.0 Å². The summed E-state index contributed by atoms with van der Waals surface area (Å²) in [4.78, 5) is 13.8. The Labute approximate surface area is 191 Å². The van der Waals surface area contributed by atoms with Gasteiger partial charge in [0.05, 0.1) is 0 Å². The summed E-state index contributed by atoms with van der Waals surface area (Å²) in [5.41, 5.74) is 8.11. The zero-order valence-corrected chi connectivity index (χ0v) is 17.9. The lowest BCUT2D eigenvalue weighted by Gasteiger charge is -2.15. The predicted octanol–water partition coefficient (Wildman–Crippen LogP) is 4.36. The van der Waals surface area contributed by atoms with Crippen molar-refractivity contribution < 1.29 is 0 Å². The van der Waals surface area contributed by atoms with E-state index in [1.807, 2.05) is 30.3 Å². The Morgan fingerprint density at radius 2 is 1.16 bits per heavy atom. The molecule has 0 spiro atoms. The SMILES string of the molecule is Clc1nc(-c2ccccc2)nc(-c2cccc3c2B(c2ccccc2)c2ccccc2-3)n1. The molecule has 0 saturated heterocycles. The van der Waals surface area contributed by atoms with Gasteiger partial charge in [0.25, 0.3) is 0 Å². The zero-order chi connectivity index (χ0) is 21.5. The number of nitrogens with zero attached hydrogens (tertiary/aromatic N) is 3. The number of aromatic nitrogens is 3. The summed E-state index contributed by atoms with van der Waals surface area (Å²) in [7, 11) is 0. The van der Waals surface area contributed by atoms with Gasteiger partial charge in [0, 0.05) is 11.1 Å². The smallest absolute Gasteiger partial charge is 0.208 e. The molecule has 0 radical (unpaired) electrons. The van der Waals surface area contributed by atoms with E-state index in [0.29, 0.717) is 11.6 Å². The van der Waals surface area contributed by atoms with Gasteiger partial charge in [-0.1, -0.05) is 120 Å². The van der Waals surface area contributed by atoms with Crippen LogP contribution in [-0.4, -0.2) is 21.7 Å². The molecule has 32 heavy (non-hydrogen) atoms. The highest BCUT2D eigenvalue weighted by Gasteiger charge is 2.35. The van der Waals surface area contributed by atoms with Crippen molar-refractivity contribution in [2.75, 3.05) is 0 Å². The molecule has 1 aliphatic rings. The van der Waals surface area contributed by atoms with E-state index in [9.17, 15) is 0 Å². The number of fused-ring (bicyclic) bond motifs is 3. The van der Waals surface area contributed by atoms with Gasteiger partial charge in [-0.3, -0.25) is 0 Å². The standard InChI is InChI=1S/C27H17BClN3/c29-27-31-25(18-10-3-1-4-11-18)30-26(32-27)22-16-9-15-21-20-14-7-8-17-23(20)28(24(21)22)19-12-5-2-6-13-19/h1-17H. The van der Waals surface area contributed by atoms with Crippen LogP contribution in [0.4, 0.5) is 0 Å². The molecule has 0 amide bonds. The molecule has 0 saturated carbocycles. The monoisotopic (exact) mass is 429 g/mol. The Hall–Kier alpha value is -3.76. The van der Waals surface area contributed by atoms with Crippen LogP contribution in [0.25, 0.3) is 33.9 Å². The van der Waals surface area contributed by atoms with Gasteiger partial charge < -0.3 is 0 Å². The number of hydrogen-bond acceptors (Lipinski definition) is 3. The third-order valence-electron chi connectivity index (χ3n) is 5.97. The summed E-state index contributed by atoms with van der Waals surface area (Å²) in [5.74, 6) is 1.17. The molecule has 4 aromatic carbocycles. The number of hydrogen-bond donors (Lipinski definition) is 0. The van der Waals surface area contributed by atoms with Gasteiger partial charge in [0.15, 0.2) is 11.6 Å². The van der Waals surface area contributed by atoms with Crippen molar-refractivity contribution in [3.63, 3.8) is 0 Å². The second-order valence-electron chi connectivity index (χ2n) is 7.82. The lowest BCUT2D eigenvalue weighted by Crippen LogP contribution is -2.49. The Morgan fingerprint density at radius 1 is 0.531 bits per heavy atom. The van der Waals surface area contributed by atoms with E-state index < -0.39 is 0 Å². The minimum atomic E-state index is 0.106. The minimum absolute atomic E-state index is 0.106. The summed E-state index contributed by atoms with van der Waals surface area (Å²) >= 11 is 6.38. The van der Waals surface area contributed by atoms with Gasteiger partial charge in [-0.15, -0.1) is 0 Å². The summed E-state index contributed by atoms with van der Waals surface area (Å²) in [6, 6.07) is 35.4. The molecule has 0 N–H and O–H groups in total. The van der Waals surface area contributed by atoms with Crippen LogP contribution in [0.1, 0.15) is 0 Å². The highest BCUT2D eigenvalue weighted by Crippen LogP contribution is 2.29. The molecule has 6 rings (SSSR count). The molecule has 0 unspecified atom stereocenters. The first-order valence-electron chi connectivity index (χ1n) is 10.5. The van der Waals surface area contributed by atoms with Gasteiger partial charge >= 0.3 is 0 Å². The van der Waals surface area contributed by atoms with E-state index in [0.717, 1.165) is 11.1 Å². The van der Waals surface area contributed by atoms with Crippen molar-refractivity contribution >= 4 is 34.7 Å². The zero-order valence-electron chi connectivity index (χ0n) is 17.1. The normalized spacial score (nSPS) is 11.8. The average Bonchev–Trinajstić information content (AvgIpc) is 3.19. The van der Waals surface area contributed by atoms with E-state index in [1.165, 1.54) is 27.5 Å². The Bertz CT molecular complexity index is 1440. The van der Waals surface area contributed by atoms with Crippen LogP contribution in [0, 0.1) is 0 Å². The Balaban J connectivity index is 1.60. The van der Waals surface area contributed by atoms with Gasteiger partial charge in [0.2, 0.25) is 12.0 Å². The summed E-state index contributed by atoms with van der Waals surface area (Å²) in [5, 5.41) is 0.193. The van der Waals surface area contributed by atoms with E-state index in [4.69, 9.17) is 16.6 Å². The van der Waals surface area contributed by atoms with Gasteiger partial charge in [-0.05, 0) is 22.7 Å². The summed E-state index contributed by atoms with van der Waals surface area (Å²) < 4.78 is 0. The molecule has 0 atom stereocenters. The van der Waals surface area contributed by atoms with E-state index in [2.05, 4.69) is 82.8 Å². The molecule has 1 aliphatic heterocycles. The quantitative estimate of drug-likeness (QED) is 0.392.